The van der Waals surface area contributed by atoms with E-state index < -0.39 is 5.97 Å². The predicted molar refractivity (Wildman–Crippen MR) is 103 cm³/mol. The third kappa shape index (κ3) is 4.01. The molecule has 2 aromatic carbocycles. The summed E-state index contributed by atoms with van der Waals surface area (Å²) in [5.41, 5.74) is 1.45. The van der Waals surface area contributed by atoms with Crippen molar-refractivity contribution in [3.8, 4) is 17.2 Å². The summed E-state index contributed by atoms with van der Waals surface area (Å²) in [4.78, 5) is 16.8. The van der Waals surface area contributed by atoms with Gasteiger partial charge in [-0.25, -0.2) is 9.78 Å². The zero-order chi connectivity index (χ0) is 20.1. The van der Waals surface area contributed by atoms with E-state index in [1.807, 2.05) is 0 Å². The third-order valence-electron chi connectivity index (χ3n) is 3.90. The number of hydrogen-bond donors (Lipinski definition) is 2. The SMILES string of the molecule is CCOC(=O)/C(=C/Nc1cc(OC)ccc1O)c1nc2cc(OC)ccc2o1. The van der Waals surface area contributed by atoms with Gasteiger partial charge in [-0.1, -0.05) is 0 Å². The van der Waals surface area contributed by atoms with Crippen molar-refractivity contribution < 1.29 is 28.5 Å². The van der Waals surface area contributed by atoms with Crippen LogP contribution in [0.3, 0.4) is 0 Å². The van der Waals surface area contributed by atoms with E-state index in [1.165, 1.54) is 19.4 Å². The molecule has 0 unspecified atom stereocenters. The minimum absolute atomic E-state index is 0.0115. The number of nitrogens with one attached hydrogen (secondary N) is 1. The van der Waals surface area contributed by atoms with Crippen LogP contribution in [0.4, 0.5) is 5.69 Å². The lowest BCUT2D eigenvalue weighted by Crippen LogP contribution is -2.09. The first-order valence-electron chi connectivity index (χ1n) is 8.51. The van der Waals surface area contributed by atoms with Crippen LogP contribution in [0.15, 0.2) is 47.0 Å². The van der Waals surface area contributed by atoms with E-state index in [1.54, 1.807) is 44.4 Å². The Bertz CT molecular complexity index is 1020. The van der Waals surface area contributed by atoms with E-state index in [0.717, 1.165) is 0 Å². The Labute approximate surface area is 161 Å². The number of aromatic hydroxyl groups is 1. The van der Waals surface area contributed by atoms with Gasteiger partial charge in [-0.15, -0.1) is 0 Å². The quantitative estimate of drug-likeness (QED) is 0.362. The predicted octanol–water partition coefficient (Wildman–Crippen LogP) is 3.57. The standard InChI is InChI=1S/C20H20N2O6/c1-4-27-20(24)14(11-21-15-9-12(25-2)5-7-17(15)23)19-22-16-10-13(26-3)6-8-18(16)28-19/h5-11,21,23H,4H2,1-3H3/b14-11+. The maximum absolute atomic E-state index is 12.4. The first-order valence-corrected chi connectivity index (χ1v) is 8.51. The number of ether oxygens (including phenoxy) is 3. The van der Waals surface area contributed by atoms with Gasteiger partial charge in [-0.2, -0.15) is 0 Å². The van der Waals surface area contributed by atoms with Crippen LogP contribution in [0.1, 0.15) is 12.8 Å². The molecule has 28 heavy (non-hydrogen) atoms. The molecule has 0 bridgehead atoms. The average molecular weight is 384 g/mol. The van der Waals surface area contributed by atoms with Crippen LogP contribution in [0.5, 0.6) is 17.2 Å². The highest BCUT2D eigenvalue weighted by atomic mass is 16.5. The van der Waals surface area contributed by atoms with Crippen LogP contribution >= 0.6 is 0 Å². The molecule has 0 aliphatic carbocycles. The van der Waals surface area contributed by atoms with Crippen molar-refractivity contribution in [1.82, 2.24) is 4.98 Å². The number of benzene rings is 2. The van der Waals surface area contributed by atoms with Gasteiger partial charge in [0, 0.05) is 18.3 Å². The van der Waals surface area contributed by atoms with Crippen LogP contribution in [-0.4, -0.2) is 36.9 Å². The van der Waals surface area contributed by atoms with Gasteiger partial charge in [-0.3, -0.25) is 0 Å². The van der Waals surface area contributed by atoms with Gasteiger partial charge in [0.2, 0.25) is 5.89 Å². The largest absolute Gasteiger partial charge is 0.506 e. The van der Waals surface area contributed by atoms with Crippen LogP contribution in [0.2, 0.25) is 0 Å². The molecule has 2 N–H and O–H groups in total. The summed E-state index contributed by atoms with van der Waals surface area (Å²) in [6.07, 6.45) is 1.37. The fourth-order valence-electron chi connectivity index (χ4n) is 2.47. The summed E-state index contributed by atoms with van der Waals surface area (Å²) >= 11 is 0. The molecule has 3 aromatic rings. The van der Waals surface area contributed by atoms with Crippen molar-refractivity contribution in [2.45, 2.75) is 6.92 Å². The number of hydrogen-bond acceptors (Lipinski definition) is 8. The Balaban J connectivity index is 1.99. The van der Waals surface area contributed by atoms with Crippen LogP contribution < -0.4 is 14.8 Å². The Morgan fingerprint density at radius 2 is 1.89 bits per heavy atom. The summed E-state index contributed by atoms with van der Waals surface area (Å²) in [6.45, 7) is 1.89. The number of methoxy groups -OCH3 is 2. The minimum Gasteiger partial charge on any atom is -0.506 e. The zero-order valence-corrected chi connectivity index (χ0v) is 15.7. The number of esters is 1. The summed E-state index contributed by atoms with van der Waals surface area (Å²) in [7, 11) is 3.07. The molecule has 0 spiro atoms. The molecule has 0 amide bonds. The first-order chi connectivity index (χ1) is 13.5. The second kappa shape index (κ2) is 8.34. The van der Waals surface area contributed by atoms with E-state index in [4.69, 9.17) is 18.6 Å². The molecule has 0 atom stereocenters. The molecule has 3 rings (SSSR count). The lowest BCUT2D eigenvalue weighted by atomic mass is 10.2. The Kier molecular flexibility index (Phi) is 5.69. The first kappa shape index (κ1) is 19.1. The van der Waals surface area contributed by atoms with E-state index in [-0.39, 0.29) is 23.8 Å². The van der Waals surface area contributed by atoms with Gasteiger partial charge < -0.3 is 29.1 Å². The number of fused-ring (bicyclic) bond motifs is 1. The van der Waals surface area contributed by atoms with Gasteiger partial charge in [0.25, 0.3) is 0 Å². The maximum atomic E-state index is 12.4. The third-order valence-corrected chi connectivity index (χ3v) is 3.90. The summed E-state index contributed by atoms with van der Waals surface area (Å²) in [6, 6.07) is 9.82. The van der Waals surface area contributed by atoms with E-state index in [2.05, 4.69) is 10.3 Å². The number of nitrogens with zero attached hydrogens (tertiary/aromatic N) is 1. The average Bonchev–Trinajstić information content (AvgIpc) is 3.12. The van der Waals surface area contributed by atoms with E-state index >= 15 is 0 Å². The zero-order valence-electron chi connectivity index (χ0n) is 15.7. The van der Waals surface area contributed by atoms with Gasteiger partial charge >= 0.3 is 5.97 Å². The normalized spacial score (nSPS) is 11.3. The number of aromatic nitrogens is 1. The van der Waals surface area contributed by atoms with Crippen molar-refractivity contribution in [1.29, 1.82) is 0 Å². The molecule has 0 fully saturated rings. The number of oxazole rings is 1. The number of rotatable bonds is 7. The van der Waals surface area contributed by atoms with Crippen molar-refractivity contribution in [2.75, 3.05) is 26.1 Å². The van der Waals surface area contributed by atoms with Gasteiger partial charge in [-0.05, 0) is 31.2 Å². The monoisotopic (exact) mass is 384 g/mol. The van der Waals surface area contributed by atoms with Crippen molar-refractivity contribution in [3.05, 3.63) is 48.5 Å². The molecule has 0 radical (unpaired) electrons. The highest BCUT2D eigenvalue weighted by molar-refractivity contribution is 6.15. The Hall–Kier alpha value is -3.68. The molecule has 0 saturated heterocycles. The number of anilines is 1. The Morgan fingerprint density at radius 1 is 1.18 bits per heavy atom. The Morgan fingerprint density at radius 3 is 2.61 bits per heavy atom. The second-order valence-electron chi connectivity index (χ2n) is 5.66. The lowest BCUT2D eigenvalue weighted by Gasteiger charge is -2.08. The number of phenols is 1. The molecule has 1 aromatic heterocycles. The van der Waals surface area contributed by atoms with Gasteiger partial charge in [0.1, 0.15) is 28.3 Å². The highest BCUT2D eigenvalue weighted by Gasteiger charge is 2.20. The van der Waals surface area contributed by atoms with E-state index in [0.29, 0.717) is 28.3 Å². The van der Waals surface area contributed by atoms with Crippen molar-refractivity contribution >= 4 is 28.3 Å². The molecule has 0 aliphatic heterocycles. The van der Waals surface area contributed by atoms with Crippen LogP contribution in [0, 0.1) is 0 Å². The molecular weight excluding hydrogens is 364 g/mol. The molecule has 146 valence electrons. The van der Waals surface area contributed by atoms with Crippen molar-refractivity contribution in [3.63, 3.8) is 0 Å². The lowest BCUT2D eigenvalue weighted by molar-refractivity contribution is -0.136. The topological polar surface area (TPSA) is 103 Å². The summed E-state index contributed by atoms with van der Waals surface area (Å²) < 4.78 is 21.1. The highest BCUT2D eigenvalue weighted by Crippen LogP contribution is 2.29. The summed E-state index contributed by atoms with van der Waals surface area (Å²) in [5, 5.41) is 12.9. The molecule has 1 heterocycles. The molecule has 0 saturated carbocycles. The fourth-order valence-corrected chi connectivity index (χ4v) is 2.47. The number of phenolic OH excluding ortho intramolecular Hbond substituents is 1. The van der Waals surface area contributed by atoms with Crippen LogP contribution in [0.25, 0.3) is 16.7 Å². The van der Waals surface area contributed by atoms with E-state index in [9.17, 15) is 9.90 Å². The molecular formula is C20H20N2O6. The molecule has 8 heteroatoms. The summed E-state index contributed by atoms with van der Waals surface area (Å²) in [5.74, 6) is 0.615. The van der Waals surface area contributed by atoms with Crippen LogP contribution in [-0.2, 0) is 9.53 Å². The molecule has 0 aliphatic rings. The second-order valence-corrected chi connectivity index (χ2v) is 5.66. The van der Waals surface area contributed by atoms with Gasteiger partial charge in [0.15, 0.2) is 5.58 Å². The number of carbonyl (C=O) groups excluding carboxylic acids is 1. The fraction of sp³-hybridized carbons (Fsp3) is 0.200. The number of carbonyl (C=O) groups is 1. The smallest absolute Gasteiger partial charge is 0.345 e. The minimum atomic E-state index is -0.615. The maximum Gasteiger partial charge on any atom is 0.345 e. The van der Waals surface area contributed by atoms with Gasteiger partial charge in [0.05, 0.1) is 26.5 Å². The van der Waals surface area contributed by atoms with Crippen molar-refractivity contribution in [2.24, 2.45) is 0 Å². The molecule has 8 nitrogen and oxygen atoms in total.